The van der Waals surface area contributed by atoms with Crippen LogP contribution in [0.1, 0.15) is 0 Å². The third-order valence-electron chi connectivity index (χ3n) is 27.2. The second kappa shape index (κ2) is 33.7. The van der Waals surface area contributed by atoms with Crippen molar-refractivity contribution in [1.82, 2.24) is 38.6 Å². The maximum atomic E-state index is 6.77. The maximum Gasteiger partial charge on any atom is 0.234 e. The molecule has 27 rings (SSSR count). The number of benzene rings is 17. The highest BCUT2D eigenvalue weighted by Gasteiger charge is 2.48. The average Bonchev–Trinajstić information content (AvgIpc) is 1.56. The number of nitrogens with zero attached hydrogens (tertiary/aromatic N) is 8. The standard InChI is InChI=1S/C41H28N2OSi.C41H28N2SSi.C39H26N4SSi/c2*1-3-15-29(16-4-1)45(30-17-5-2-6-18-30,38-26-13-22-34-33-21-9-12-25-37(33)44-41(34)38)40-28-14-27-39(42-40)43-35-23-10-7-19-31(35)32-20-8-11-24-36(32)43;1-3-13-27(14-4-1)45(28-15-5-2-6-16-28,36-23-11-19-32-33-20-12-24-40-38(33)44-37(32)36)29-25-41-39(42-26-29)43-34-21-9-7-17-30(34)31-18-8-10-22-35(31)43/h2*1-28H;1-26H. The lowest BCUT2D eigenvalue weighted by atomic mass is 10.1. The monoisotopic (exact) mass is 1810 g/mol. The Labute approximate surface area is 789 Å². The minimum absolute atomic E-state index is 0.671. The van der Waals surface area contributed by atoms with Gasteiger partial charge in [0, 0.05) is 108 Å². The minimum atomic E-state index is -3.02. The third-order valence-corrected chi connectivity index (χ3v) is 44.1. The molecule has 0 amide bonds. The van der Waals surface area contributed by atoms with Crippen LogP contribution in [0.2, 0.25) is 0 Å². The van der Waals surface area contributed by atoms with Crippen molar-refractivity contribution >= 4 is 237 Å². The summed E-state index contributed by atoms with van der Waals surface area (Å²) in [5, 5.41) is 29.6. The lowest BCUT2D eigenvalue weighted by Crippen LogP contribution is -2.75. The van der Waals surface area contributed by atoms with Gasteiger partial charge in [0.05, 0.1) is 33.1 Å². The van der Waals surface area contributed by atoms with Gasteiger partial charge in [-0.1, -0.05) is 394 Å². The number of para-hydroxylation sites is 8. The van der Waals surface area contributed by atoms with E-state index in [4.69, 9.17) is 29.3 Å². The molecule has 636 valence electrons. The zero-order valence-corrected chi connectivity index (χ0v) is 77.8. The van der Waals surface area contributed by atoms with Crippen LogP contribution in [0.5, 0.6) is 0 Å². The Bertz CT molecular complexity index is 8530. The van der Waals surface area contributed by atoms with Crippen molar-refractivity contribution in [3.63, 3.8) is 0 Å². The molecule has 10 aromatic heterocycles. The van der Waals surface area contributed by atoms with Gasteiger partial charge in [-0.3, -0.25) is 13.7 Å². The van der Waals surface area contributed by atoms with Gasteiger partial charge in [-0.15, -0.1) is 22.7 Å². The highest BCUT2D eigenvalue weighted by molar-refractivity contribution is 7.31. The molecule has 0 spiro atoms. The average molecular weight is 1810 g/mol. The Morgan fingerprint density at radius 3 is 0.978 bits per heavy atom. The first-order chi connectivity index (χ1) is 67.0. The summed E-state index contributed by atoms with van der Waals surface area (Å²) >= 11 is 3.69. The predicted octanol–water partition coefficient (Wildman–Crippen LogP) is 22.1. The number of aromatic nitrogens is 8. The fourth-order valence-electron chi connectivity index (χ4n) is 21.6. The molecule has 10 heterocycles. The molecule has 0 atom stereocenters. The van der Waals surface area contributed by atoms with E-state index in [-0.39, 0.29) is 0 Å². The molecule has 0 saturated carbocycles. The molecule has 0 aliphatic carbocycles. The summed E-state index contributed by atoms with van der Waals surface area (Å²) in [4.78, 5) is 27.5. The van der Waals surface area contributed by atoms with Crippen LogP contribution in [0.3, 0.4) is 0 Å². The zero-order valence-electron chi connectivity index (χ0n) is 73.1. The normalized spacial score (nSPS) is 12.0. The van der Waals surface area contributed by atoms with Crippen LogP contribution in [-0.2, 0) is 0 Å². The Kier molecular flexibility index (Phi) is 20.2. The van der Waals surface area contributed by atoms with E-state index in [1.54, 1.807) is 11.3 Å². The van der Waals surface area contributed by atoms with Crippen molar-refractivity contribution in [3.05, 3.63) is 498 Å². The van der Waals surface area contributed by atoms with Crippen LogP contribution in [0, 0.1) is 0 Å². The van der Waals surface area contributed by atoms with E-state index in [0.717, 1.165) is 76.3 Å². The minimum Gasteiger partial charge on any atom is -0.456 e. The van der Waals surface area contributed by atoms with Crippen LogP contribution >= 0.6 is 22.7 Å². The second-order valence-electron chi connectivity index (χ2n) is 34.3. The first kappa shape index (κ1) is 80.6. The molecule has 0 aliphatic rings. The SMILES string of the molecule is c1ccc([Si](c2ccccc2)(c2cccc(-n3c4ccccc4c4ccccc43)n2)c2cccc3c2oc2ccccc23)cc1.c1ccc([Si](c2ccccc2)(c2cccc(-n3c4ccccc4c4ccccc43)n2)c2cccc3c2sc2ccccc23)cc1.c1ccc([Si](c2ccccc2)(c2cnc(-n3c4ccccc4c4ccccc43)nc2)c2cccc3c2sc2ncccc23)cc1. The molecule has 14 heteroatoms. The second-order valence-corrected chi connectivity index (χ2v) is 47.5. The molecular formula is C121H82N8OS2Si3. The van der Waals surface area contributed by atoms with Gasteiger partial charge in [-0.25, -0.2) is 24.9 Å². The number of furan rings is 1. The number of hydrogen-bond donors (Lipinski definition) is 0. The van der Waals surface area contributed by atoms with Gasteiger partial charge >= 0.3 is 0 Å². The smallest absolute Gasteiger partial charge is 0.234 e. The predicted molar refractivity (Wildman–Crippen MR) is 575 cm³/mol. The fourth-order valence-corrected chi connectivity index (χ4v) is 39.0. The summed E-state index contributed by atoms with van der Waals surface area (Å²) in [6.45, 7) is 0. The molecule has 17 aromatic carbocycles. The van der Waals surface area contributed by atoms with Gasteiger partial charge in [0.25, 0.3) is 0 Å². The summed E-state index contributed by atoms with van der Waals surface area (Å²) in [6.07, 6.45) is 6.06. The van der Waals surface area contributed by atoms with Crippen LogP contribution in [-0.4, -0.2) is 62.8 Å². The van der Waals surface area contributed by atoms with Crippen molar-refractivity contribution in [1.29, 1.82) is 0 Å². The summed E-state index contributed by atoms with van der Waals surface area (Å²) < 4.78 is 17.5. The van der Waals surface area contributed by atoms with Gasteiger partial charge < -0.3 is 4.42 Å². The summed E-state index contributed by atoms with van der Waals surface area (Å²) in [7, 11) is -8.84. The van der Waals surface area contributed by atoms with E-state index in [0.29, 0.717) is 5.95 Å². The number of fused-ring (bicyclic) bond motifs is 18. The van der Waals surface area contributed by atoms with Crippen LogP contribution in [0.25, 0.3) is 145 Å². The van der Waals surface area contributed by atoms with Crippen molar-refractivity contribution in [2.24, 2.45) is 0 Å². The van der Waals surface area contributed by atoms with E-state index in [2.05, 4.69) is 493 Å². The first-order valence-electron chi connectivity index (χ1n) is 45.7. The van der Waals surface area contributed by atoms with Crippen LogP contribution in [0.4, 0.5) is 0 Å². The van der Waals surface area contributed by atoms with Crippen molar-refractivity contribution in [2.45, 2.75) is 0 Å². The number of hydrogen-bond acceptors (Lipinski definition) is 8. The lowest BCUT2D eigenvalue weighted by molar-refractivity contribution is 0.671. The molecule has 27 aromatic rings. The zero-order chi connectivity index (χ0) is 89.4. The molecule has 9 nitrogen and oxygen atoms in total. The Hall–Kier alpha value is -16.4. The van der Waals surface area contributed by atoms with Gasteiger partial charge in [0.2, 0.25) is 22.1 Å². The Morgan fingerprint density at radius 2 is 0.533 bits per heavy atom. The summed E-state index contributed by atoms with van der Waals surface area (Å²) in [5.41, 5.74) is 8.66. The molecule has 0 fully saturated rings. The third kappa shape index (κ3) is 13.1. The molecule has 0 aliphatic heterocycles. The van der Waals surface area contributed by atoms with E-state index < -0.39 is 24.2 Å². The molecule has 135 heavy (non-hydrogen) atoms. The molecular weight excluding hydrogens is 1730 g/mol. The van der Waals surface area contributed by atoms with Crippen LogP contribution < -0.4 is 62.5 Å². The summed E-state index contributed by atoms with van der Waals surface area (Å²) in [6, 6.07) is 172. The Morgan fingerprint density at radius 1 is 0.215 bits per heavy atom. The molecule has 0 radical (unpaired) electrons. The fraction of sp³-hybridized carbons (Fsp3) is 0. The topological polar surface area (TPSA) is 92.4 Å². The van der Waals surface area contributed by atoms with Crippen molar-refractivity contribution in [2.75, 3.05) is 0 Å². The number of pyridine rings is 3. The Balaban J connectivity index is 0.000000108. The lowest BCUT2D eigenvalue weighted by Gasteiger charge is -2.34. The van der Waals surface area contributed by atoms with E-state index >= 15 is 0 Å². The highest BCUT2D eigenvalue weighted by Crippen LogP contribution is 2.39. The number of thiophene rings is 2. The molecule has 0 bridgehead atoms. The first-order valence-corrected chi connectivity index (χ1v) is 53.3. The van der Waals surface area contributed by atoms with E-state index in [1.165, 1.54) is 126 Å². The molecule has 0 unspecified atom stereocenters. The van der Waals surface area contributed by atoms with E-state index in [1.807, 2.05) is 29.7 Å². The molecule has 0 N–H and O–H groups in total. The summed E-state index contributed by atoms with van der Waals surface area (Å²) in [5.74, 6) is 2.52. The van der Waals surface area contributed by atoms with Gasteiger partial charge in [-0.05, 0) is 137 Å². The number of rotatable bonds is 15. The largest absolute Gasteiger partial charge is 0.456 e. The van der Waals surface area contributed by atoms with Crippen molar-refractivity contribution in [3.8, 4) is 17.6 Å². The van der Waals surface area contributed by atoms with Crippen molar-refractivity contribution < 1.29 is 4.42 Å². The maximum absolute atomic E-state index is 6.77. The van der Waals surface area contributed by atoms with Gasteiger partial charge in [-0.2, -0.15) is 0 Å². The highest BCUT2D eigenvalue weighted by atomic mass is 32.1. The van der Waals surface area contributed by atoms with Crippen LogP contribution in [0.15, 0.2) is 502 Å². The van der Waals surface area contributed by atoms with E-state index in [9.17, 15) is 0 Å². The van der Waals surface area contributed by atoms with Gasteiger partial charge in [0.1, 0.15) is 27.6 Å². The quantitative estimate of drug-likeness (QED) is 0.0750. The van der Waals surface area contributed by atoms with Gasteiger partial charge in [0.15, 0.2) is 8.07 Å². The molecule has 0 saturated heterocycles.